The van der Waals surface area contributed by atoms with Crippen molar-refractivity contribution in [1.82, 2.24) is 24.6 Å². The van der Waals surface area contributed by atoms with Gasteiger partial charge in [-0.2, -0.15) is 0 Å². The molecule has 0 radical (unpaired) electrons. The molecule has 28 heavy (non-hydrogen) atoms. The summed E-state index contributed by atoms with van der Waals surface area (Å²) in [6.07, 6.45) is 5.43. The van der Waals surface area contributed by atoms with E-state index in [-0.39, 0.29) is 17.7 Å². The Morgan fingerprint density at radius 3 is 2.89 bits per heavy atom. The monoisotopic (exact) mass is 381 g/mol. The second kappa shape index (κ2) is 7.46. The van der Waals surface area contributed by atoms with Crippen LogP contribution < -0.4 is 5.32 Å². The summed E-state index contributed by atoms with van der Waals surface area (Å²) < 4.78 is 7.28. The summed E-state index contributed by atoms with van der Waals surface area (Å²) in [5, 5.41) is 2.96. The minimum absolute atomic E-state index is 0.130. The van der Waals surface area contributed by atoms with Crippen LogP contribution in [0.5, 0.6) is 0 Å². The van der Waals surface area contributed by atoms with E-state index >= 15 is 0 Å². The predicted octanol–water partition coefficient (Wildman–Crippen LogP) is 2.22. The lowest BCUT2D eigenvalue weighted by molar-refractivity contribution is 0.0637. The van der Waals surface area contributed by atoms with Gasteiger partial charge in [-0.15, -0.1) is 0 Å². The van der Waals surface area contributed by atoms with Crippen LogP contribution in [0.3, 0.4) is 0 Å². The molecule has 0 spiro atoms. The smallest absolute Gasteiger partial charge is 0.291 e. The molecule has 0 aromatic carbocycles. The highest BCUT2D eigenvalue weighted by Gasteiger charge is 2.28. The lowest BCUT2D eigenvalue weighted by Gasteiger charge is -2.32. The van der Waals surface area contributed by atoms with Crippen LogP contribution in [0.15, 0.2) is 35.0 Å². The number of amides is 2. The van der Waals surface area contributed by atoms with E-state index in [2.05, 4.69) is 15.3 Å². The molecule has 8 nitrogen and oxygen atoms in total. The number of carbonyl (C=O) groups is 2. The van der Waals surface area contributed by atoms with Crippen molar-refractivity contribution in [3.8, 4) is 0 Å². The van der Waals surface area contributed by atoms with Gasteiger partial charge in [-0.3, -0.25) is 9.59 Å². The number of aryl methyl sites for hydroxylation is 2. The Kier molecular flexibility index (Phi) is 4.85. The summed E-state index contributed by atoms with van der Waals surface area (Å²) in [6, 6.07) is 5.63. The normalized spacial score (nSPS) is 17.1. The van der Waals surface area contributed by atoms with Crippen molar-refractivity contribution in [3.05, 3.63) is 53.6 Å². The summed E-state index contributed by atoms with van der Waals surface area (Å²) in [5.41, 5.74) is 1.74. The molecule has 1 atom stereocenters. The van der Waals surface area contributed by atoms with Gasteiger partial charge < -0.3 is 19.0 Å². The topological polar surface area (TPSA) is 92.7 Å². The number of hydrogen-bond acceptors (Lipinski definition) is 5. The van der Waals surface area contributed by atoms with Crippen LogP contribution in [0, 0.1) is 19.8 Å². The molecule has 0 saturated carbocycles. The number of rotatable bonds is 4. The summed E-state index contributed by atoms with van der Waals surface area (Å²) >= 11 is 0. The number of pyridine rings is 1. The average molecular weight is 381 g/mol. The Morgan fingerprint density at radius 2 is 2.14 bits per heavy atom. The van der Waals surface area contributed by atoms with E-state index in [0.717, 1.165) is 18.5 Å². The molecule has 1 aliphatic heterocycles. The first-order valence-corrected chi connectivity index (χ1v) is 9.46. The maximum Gasteiger partial charge on any atom is 0.291 e. The van der Waals surface area contributed by atoms with Crippen molar-refractivity contribution in [2.75, 3.05) is 19.6 Å². The van der Waals surface area contributed by atoms with Crippen molar-refractivity contribution >= 4 is 17.5 Å². The van der Waals surface area contributed by atoms with E-state index in [4.69, 9.17) is 4.42 Å². The Morgan fingerprint density at radius 1 is 1.29 bits per heavy atom. The van der Waals surface area contributed by atoms with Gasteiger partial charge in [0.05, 0.1) is 5.69 Å². The first kappa shape index (κ1) is 18.2. The molecule has 0 bridgehead atoms. The maximum absolute atomic E-state index is 12.7. The van der Waals surface area contributed by atoms with Crippen molar-refractivity contribution in [1.29, 1.82) is 0 Å². The average Bonchev–Trinajstić information content (AvgIpc) is 3.28. The molecule has 1 unspecified atom stereocenters. The molecule has 4 heterocycles. The van der Waals surface area contributed by atoms with Gasteiger partial charge in [-0.1, -0.05) is 6.07 Å². The fraction of sp³-hybridized carbons (Fsp3) is 0.400. The number of oxazole rings is 1. The zero-order valence-corrected chi connectivity index (χ0v) is 16.0. The molecular formula is C20H23N5O3. The van der Waals surface area contributed by atoms with Crippen molar-refractivity contribution in [2.45, 2.75) is 26.7 Å². The number of imidazole rings is 1. The molecule has 2 amide bonds. The molecule has 1 N–H and O–H groups in total. The van der Waals surface area contributed by atoms with Gasteiger partial charge in [0.15, 0.2) is 5.89 Å². The molecule has 146 valence electrons. The molecule has 1 fully saturated rings. The highest BCUT2D eigenvalue weighted by Crippen LogP contribution is 2.20. The molecule has 3 aromatic rings. The minimum atomic E-state index is -0.200. The first-order chi connectivity index (χ1) is 13.5. The van der Waals surface area contributed by atoms with E-state index < -0.39 is 0 Å². The molecule has 1 aliphatic rings. The third-order valence-electron chi connectivity index (χ3n) is 5.05. The van der Waals surface area contributed by atoms with Crippen LogP contribution in [-0.4, -0.2) is 50.7 Å². The quantitative estimate of drug-likeness (QED) is 0.748. The number of fused-ring (bicyclic) bond motifs is 1. The van der Waals surface area contributed by atoms with Gasteiger partial charge >= 0.3 is 0 Å². The highest BCUT2D eigenvalue weighted by molar-refractivity contribution is 5.93. The second-order valence-corrected chi connectivity index (χ2v) is 7.21. The fourth-order valence-corrected chi connectivity index (χ4v) is 3.66. The number of carbonyl (C=O) groups excluding carboxylic acids is 2. The minimum Gasteiger partial charge on any atom is -0.436 e. The molecule has 3 aromatic heterocycles. The zero-order valence-electron chi connectivity index (χ0n) is 16.0. The molecule has 8 heteroatoms. The SMILES string of the molecule is Cc1nc(C)c(C(=O)N2CCCC(CNC(=O)c3cn4ccccc4n3)C2)o1. The van der Waals surface area contributed by atoms with E-state index in [1.54, 1.807) is 24.9 Å². The van der Waals surface area contributed by atoms with E-state index in [9.17, 15) is 9.59 Å². The van der Waals surface area contributed by atoms with Gasteiger partial charge in [-0.05, 0) is 37.8 Å². The van der Waals surface area contributed by atoms with E-state index in [0.29, 0.717) is 42.7 Å². The lowest BCUT2D eigenvalue weighted by Crippen LogP contribution is -2.43. The Bertz CT molecular complexity index is 989. The number of likely N-dealkylation sites (tertiary alicyclic amines) is 1. The van der Waals surface area contributed by atoms with Gasteiger partial charge in [0.25, 0.3) is 11.8 Å². The number of hydrogen-bond donors (Lipinski definition) is 1. The van der Waals surface area contributed by atoms with Crippen LogP contribution >= 0.6 is 0 Å². The molecule has 0 aliphatic carbocycles. The third kappa shape index (κ3) is 3.62. The molecule has 4 rings (SSSR count). The van der Waals surface area contributed by atoms with Crippen molar-refractivity contribution in [3.63, 3.8) is 0 Å². The highest BCUT2D eigenvalue weighted by atomic mass is 16.4. The van der Waals surface area contributed by atoms with Gasteiger partial charge in [0.1, 0.15) is 11.3 Å². The van der Waals surface area contributed by atoms with Crippen molar-refractivity contribution < 1.29 is 14.0 Å². The standard InChI is InChI=1S/C20H23N5O3/c1-13-18(28-14(2)22-13)20(27)25-9-5-6-15(11-25)10-21-19(26)16-12-24-8-4-3-7-17(24)23-16/h3-4,7-8,12,15H,5-6,9-11H2,1-2H3,(H,21,26). The van der Waals surface area contributed by atoms with Gasteiger partial charge in [0.2, 0.25) is 5.76 Å². The Hall–Kier alpha value is -3.16. The number of aromatic nitrogens is 3. The second-order valence-electron chi connectivity index (χ2n) is 7.21. The Labute approximate surface area is 162 Å². The lowest BCUT2D eigenvalue weighted by atomic mass is 9.97. The number of nitrogens with one attached hydrogen (secondary N) is 1. The van der Waals surface area contributed by atoms with E-state index in [1.165, 1.54) is 0 Å². The summed E-state index contributed by atoms with van der Waals surface area (Å²) in [7, 11) is 0. The van der Waals surface area contributed by atoms with Gasteiger partial charge in [-0.25, -0.2) is 9.97 Å². The van der Waals surface area contributed by atoms with Crippen LogP contribution in [0.2, 0.25) is 0 Å². The van der Waals surface area contributed by atoms with Crippen LogP contribution in [0.1, 0.15) is 45.5 Å². The number of piperidine rings is 1. The summed E-state index contributed by atoms with van der Waals surface area (Å²) in [6.45, 7) is 5.29. The third-order valence-corrected chi connectivity index (χ3v) is 5.05. The van der Waals surface area contributed by atoms with Crippen LogP contribution in [-0.2, 0) is 0 Å². The van der Waals surface area contributed by atoms with Crippen LogP contribution in [0.4, 0.5) is 0 Å². The predicted molar refractivity (Wildman–Crippen MR) is 102 cm³/mol. The molecular weight excluding hydrogens is 358 g/mol. The molecule has 1 saturated heterocycles. The van der Waals surface area contributed by atoms with Crippen molar-refractivity contribution in [2.24, 2.45) is 5.92 Å². The van der Waals surface area contributed by atoms with Gasteiger partial charge in [0, 0.05) is 39.0 Å². The summed E-state index contributed by atoms with van der Waals surface area (Å²) in [5.74, 6) is 0.673. The van der Waals surface area contributed by atoms with Crippen LogP contribution in [0.25, 0.3) is 5.65 Å². The number of nitrogens with zero attached hydrogens (tertiary/aromatic N) is 4. The largest absolute Gasteiger partial charge is 0.436 e. The zero-order chi connectivity index (χ0) is 19.7. The Balaban J connectivity index is 1.36. The summed E-state index contributed by atoms with van der Waals surface area (Å²) in [4.78, 5) is 35.5. The maximum atomic E-state index is 12.7. The fourth-order valence-electron chi connectivity index (χ4n) is 3.66. The first-order valence-electron chi connectivity index (χ1n) is 9.46. The van der Waals surface area contributed by atoms with E-state index in [1.807, 2.05) is 28.8 Å².